The van der Waals surface area contributed by atoms with Crippen LogP contribution >= 0.6 is 11.6 Å². The van der Waals surface area contributed by atoms with Gasteiger partial charge in [-0.05, 0) is 12.1 Å². The van der Waals surface area contributed by atoms with E-state index in [4.69, 9.17) is 27.8 Å². The average molecular weight is 256 g/mol. The smallest absolute Gasteiger partial charge is 0.242 e. The lowest BCUT2D eigenvalue weighted by atomic mass is 10.1. The van der Waals surface area contributed by atoms with Gasteiger partial charge in [0.15, 0.2) is 0 Å². The number of nitrogens with zero attached hydrogens (tertiary/aromatic N) is 1. The lowest BCUT2D eigenvalue weighted by Crippen LogP contribution is -2.53. The van der Waals surface area contributed by atoms with Gasteiger partial charge in [-0.2, -0.15) is 0 Å². The highest BCUT2D eigenvalue weighted by Gasteiger charge is 2.30. The molecule has 6 heteroatoms. The van der Waals surface area contributed by atoms with Gasteiger partial charge in [-0.1, -0.05) is 17.7 Å². The van der Waals surface area contributed by atoms with Gasteiger partial charge in [0, 0.05) is 6.54 Å². The Morgan fingerprint density at radius 3 is 2.94 bits per heavy atom. The first kappa shape index (κ1) is 12.0. The maximum Gasteiger partial charge on any atom is 0.242 e. The fraction of sp³-hybridized carbons (Fsp3) is 0.364. The minimum atomic E-state index is -0.522. The summed E-state index contributed by atoms with van der Waals surface area (Å²) in [6, 6.07) is 4.72. The number of benzene rings is 1. The predicted octanol–water partition coefficient (Wildman–Crippen LogP) is 0.613. The molecule has 1 aliphatic heterocycles. The average Bonchev–Trinajstić information content (AvgIpc) is 2.29. The molecule has 0 spiro atoms. The number of halogens is 1. The maximum absolute atomic E-state index is 11.4. The zero-order chi connectivity index (χ0) is 12.4. The van der Waals surface area contributed by atoms with Gasteiger partial charge in [-0.3, -0.25) is 4.79 Å². The highest BCUT2D eigenvalue weighted by atomic mass is 35.5. The molecule has 0 aromatic heterocycles. The van der Waals surface area contributed by atoms with Crippen LogP contribution in [0.25, 0.3) is 0 Å². The van der Waals surface area contributed by atoms with Gasteiger partial charge in [0.2, 0.25) is 5.91 Å². The van der Waals surface area contributed by atoms with E-state index in [-0.39, 0.29) is 6.61 Å². The van der Waals surface area contributed by atoms with E-state index in [1.807, 2.05) is 4.90 Å². The van der Waals surface area contributed by atoms with Crippen LogP contribution in [-0.2, 0) is 9.53 Å². The Bertz CT molecular complexity index is 418. The lowest BCUT2D eigenvalue weighted by molar-refractivity contribution is -0.121. The molecule has 2 rings (SSSR count). The summed E-state index contributed by atoms with van der Waals surface area (Å²) in [4.78, 5) is 13.2. The van der Waals surface area contributed by atoms with Gasteiger partial charge < -0.3 is 21.1 Å². The van der Waals surface area contributed by atoms with Crippen molar-refractivity contribution in [1.82, 2.24) is 0 Å². The van der Waals surface area contributed by atoms with E-state index in [0.717, 1.165) is 0 Å². The standard InChI is InChI=1S/C11H14ClN3O2/c12-7-2-1-3-8(13)10(7)15-4-5-17-6-9(15)11(14)16/h1-3,9H,4-6,13H2,(H2,14,16). The molecule has 0 saturated carbocycles. The molecule has 0 bridgehead atoms. The number of primary amides is 1. The van der Waals surface area contributed by atoms with Crippen LogP contribution in [0.4, 0.5) is 11.4 Å². The summed E-state index contributed by atoms with van der Waals surface area (Å²) >= 11 is 6.12. The number of amides is 1. The molecule has 1 aliphatic rings. The van der Waals surface area contributed by atoms with Crippen LogP contribution < -0.4 is 16.4 Å². The first-order chi connectivity index (χ1) is 8.11. The SMILES string of the molecule is NC(=O)C1COCCN1c1c(N)cccc1Cl. The molecule has 1 amide bonds. The normalized spacial score (nSPS) is 20.3. The zero-order valence-electron chi connectivity index (χ0n) is 9.23. The van der Waals surface area contributed by atoms with E-state index in [9.17, 15) is 4.79 Å². The van der Waals surface area contributed by atoms with Crippen molar-refractivity contribution >= 4 is 28.9 Å². The maximum atomic E-state index is 11.4. The Hall–Kier alpha value is -1.46. The van der Waals surface area contributed by atoms with Crippen molar-refractivity contribution in [3.05, 3.63) is 23.2 Å². The number of hydrogen-bond donors (Lipinski definition) is 2. The van der Waals surface area contributed by atoms with Gasteiger partial charge in [0.25, 0.3) is 0 Å². The molecule has 1 atom stereocenters. The van der Waals surface area contributed by atoms with Crippen molar-refractivity contribution in [3.8, 4) is 0 Å². The van der Waals surface area contributed by atoms with Gasteiger partial charge in [-0.25, -0.2) is 0 Å². The van der Waals surface area contributed by atoms with Crippen molar-refractivity contribution in [3.63, 3.8) is 0 Å². The molecule has 5 nitrogen and oxygen atoms in total. The minimum absolute atomic E-state index is 0.264. The molecular formula is C11H14ClN3O2. The predicted molar refractivity (Wildman–Crippen MR) is 67.0 cm³/mol. The van der Waals surface area contributed by atoms with E-state index >= 15 is 0 Å². The Morgan fingerprint density at radius 1 is 1.53 bits per heavy atom. The van der Waals surface area contributed by atoms with E-state index in [0.29, 0.717) is 29.5 Å². The highest BCUT2D eigenvalue weighted by molar-refractivity contribution is 6.34. The molecule has 1 heterocycles. The van der Waals surface area contributed by atoms with Gasteiger partial charge in [-0.15, -0.1) is 0 Å². The third kappa shape index (κ3) is 2.30. The number of carbonyl (C=O) groups is 1. The Morgan fingerprint density at radius 2 is 2.29 bits per heavy atom. The number of ether oxygens (including phenoxy) is 1. The number of carbonyl (C=O) groups excluding carboxylic acids is 1. The van der Waals surface area contributed by atoms with Crippen LogP contribution in [-0.4, -0.2) is 31.7 Å². The second-order valence-electron chi connectivity index (χ2n) is 3.86. The largest absolute Gasteiger partial charge is 0.397 e. The summed E-state index contributed by atoms with van der Waals surface area (Å²) in [6.45, 7) is 1.33. The molecule has 17 heavy (non-hydrogen) atoms. The van der Waals surface area contributed by atoms with Crippen molar-refractivity contribution in [2.24, 2.45) is 5.73 Å². The minimum Gasteiger partial charge on any atom is -0.397 e. The van der Waals surface area contributed by atoms with Gasteiger partial charge >= 0.3 is 0 Å². The number of rotatable bonds is 2. The second-order valence-corrected chi connectivity index (χ2v) is 4.27. The highest BCUT2D eigenvalue weighted by Crippen LogP contribution is 2.33. The summed E-state index contributed by atoms with van der Waals surface area (Å²) in [6.07, 6.45) is 0. The molecule has 1 aromatic carbocycles. The Balaban J connectivity index is 2.39. The van der Waals surface area contributed by atoms with Crippen molar-refractivity contribution < 1.29 is 9.53 Å². The molecule has 92 valence electrons. The first-order valence-corrected chi connectivity index (χ1v) is 5.66. The van der Waals surface area contributed by atoms with Crippen LogP contribution in [0.15, 0.2) is 18.2 Å². The number of morpholine rings is 1. The Labute approximate surface area is 104 Å². The fourth-order valence-corrected chi connectivity index (χ4v) is 2.23. The third-order valence-corrected chi connectivity index (χ3v) is 3.07. The van der Waals surface area contributed by atoms with E-state index < -0.39 is 11.9 Å². The third-order valence-electron chi connectivity index (χ3n) is 2.76. The summed E-state index contributed by atoms with van der Waals surface area (Å²) in [5, 5.41) is 0.512. The first-order valence-electron chi connectivity index (χ1n) is 5.29. The summed E-state index contributed by atoms with van der Waals surface area (Å²) < 4.78 is 5.25. The molecule has 1 saturated heterocycles. The number of nitrogens with two attached hydrogens (primary N) is 2. The van der Waals surface area contributed by atoms with E-state index in [1.165, 1.54) is 0 Å². The van der Waals surface area contributed by atoms with Gasteiger partial charge in [0.1, 0.15) is 6.04 Å². The van der Waals surface area contributed by atoms with Gasteiger partial charge in [0.05, 0.1) is 29.6 Å². The summed E-state index contributed by atoms with van der Waals surface area (Å²) in [5.41, 5.74) is 12.4. The topological polar surface area (TPSA) is 81.6 Å². The summed E-state index contributed by atoms with van der Waals surface area (Å²) in [7, 11) is 0. The molecule has 1 fully saturated rings. The van der Waals surface area contributed by atoms with E-state index in [2.05, 4.69) is 0 Å². The number of hydrogen-bond acceptors (Lipinski definition) is 4. The summed E-state index contributed by atoms with van der Waals surface area (Å²) in [5.74, 6) is -0.441. The molecule has 0 aliphatic carbocycles. The van der Waals surface area contributed by atoms with Crippen LogP contribution in [0.3, 0.4) is 0 Å². The number of nitrogen functional groups attached to an aromatic ring is 1. The number of anilines is 2. The van der Waals surface area contributed by atoms with Crippen molar-refractivity contribution in [1.29, 1.82) is 0 Å². The molecule has 1 unspecified atom stereocenters. The molecule has 4 N–H and O–H groups in total. The van der Waals surface area contributed by atoms with Crippen molar-refractivity contribution in [2.45, 2.75) is 6.04 Å². The molecule has 0 radical (unpaired) electrons. The lowest BCUT2D eigenvalue weighted by Gasteiger charge is -2.36. The monoisotopic (exact) mass is 255 g/mol. The van der Waals surface area contributed by atoms with E-state index in [1.54, 1.807) is 18.2 Å². The molecular weight excluding hydrogens is 242 g/mol. The van der Waals surface area contributed by atoms with Crippen LogP contribution in [0.1, 0.15) is 0 Å². The van der Waals surface area contributed by atoms with Crippen molar-refractivity contribution in [2.75, 3.05) is 30.4 Å². The zero-order valence-corrected chi connectivity index (χ0v) is 9.98. The second kappa shape index (κ2) is 4.81. The van der Waals surface area contributed by atoms with Crippen LogP contribution in [0.2, 0.25) is 5.02 Å². The number of para-hydroxylation sites is 1. The fourth-order valence-electron chi connectivity index (χ4n) is 1.94. The van der Waals surface area contributed by atoms with Crippen LogP contribution in [0.5, 0.6) is 0 Å². The quantitative estimate of drug-likeness (QED) is 0.759. The molecule has 1 aromatic rings. The van der Waals surface area contributed by atoms with Crippen LogP contribution in [0, 0.1) is 0 Å². The Kier molecular flexibility index (Phi) is 3.40.